The summed E-state index contributed by atoms with van der Waals surface area (Å²) in [7, 11) is 1.59. The molecule has 5 nitrogen and oxygen atoms in total. The number of nitrogens with zero attached hydrogens (tertiary/aromatic N) is 1. The fourth-order valence-corrected chi connectivity index (χ4v) is 2.65. The molecule has 3 rings (SSSR count). The second-order valence-corrected chi connectivity index (χ2v) is 5.65. The summed E-state index contributed by atoms with van der Waals surface area (Å²) in [6.45, 7) is 2.00. The van der Waals surface area contributed by atoms with Gasteiger partial charge in [-0.25, -0.2) is 9.59 Å². The molecule has 0 aliphatic heterocycles. The molecule has 0 aromatic heterocycles. The first-order chi connectivity index (χ1) is 12.6. The third-order valence-corrected chi connectivity index (χ3v) is 3.97. The van der Waals surface area contributed by atoms with Crippen molar-refractivity contribution in [3.63, 3.8) is 0 Å². The lowest BCUT2D eigenvalue weighted by Gasteiger charge is -2.21. The first-order valence-corrected chi connectivity index (χ1v) is 8.31. The van der Waals surface area contributed by atoms with Crippen molar-refractivity contribution in [2.24, 2.45) is 0 Å². The van der Waals surface area contributed by atoms with Gasteiger partial charge in [-0.1, -0.05) is 48.5 Å². The average molecular weight is 349 g/mol. The molecule has 26 heavy (non-hydrogen) atoms. The van der Waals surface area contributed by atoms with Crippen LogP contribution in [0.5, 0.6) is 5.75 Å². The van der Waals surface area contributed by atoms with Crippen molar-refractivity contribution < 1.29 is 19.1 Å². The van der Waals surface area contributed by atoms with Crippen molar-refractivity contribution in [2.75, 3.05) is 18.6 Å². The molecule has 0 saturated heterocycles. The van der Waals surface area contributed by atoms with Gasteiger partial charge >= 0.3 is 12.1 Å². The number of benzene rings is 3. The van der Waals surface area contributed by atoms with E-state index < -0.39 is 12.1 Å². The highest BCUT2D eigenvalue weighted by atomic mass is 16.6. The molecule has 0 radical (unpaired) electrons. The Hall–Kier alpha value is -3.34. The number of ether oxygens (including phenoxy) is 2. The van der Waals surface area contributed by atoms with E-state index in [1.807, 2.05) is 36.4 Å². The van der Waals surface area contributed by atoms with E-state index in [1.54, 1.807) is 44.3 Å². The molecular weight excluding hydrogens is 330 g/mol. The smallest absolute Gasteiger partial charge is 0.414 e. The molecule has 0 aliphatic rings. The molecular formula is C21H19NO4. The maximum absolute atomic E-state index is 12.6. The van der Waals surface area contributed by atoms with Gasteiger partial charge in [-0.05, 0) is 30.5 Å². The molecule has 0 spiro atoms. The van der Waals surface area contributed by atoms with Gasteiger partial charge in [0.15, 0.2) is 5.75 Å². The highest BCUT2D eigenvalue weighted by molar-refractivity contribution is 6.02. The summed E-state index contributed by atoms with van der Waals surface area (Å²) in [6, 6.07) is 19.9. The molecule has 132 valence electrons. The van der Waals surface area contributed by atoms with Gasteiger partial charge in [-0.3, -0.25) is 4.90 Å². The molecule has 0 saturated carbocycles. The molecule has 5 heteroatoms. The summed E-state index contributed by atoms with van der Waals surface area (Å²) in [5, 5.41) is 1.65. The zero-order valence-corrected chi connectivity index (χ0v) is 14.6. The van der Waals surface area contributed by atoms with Crippen LogP contribution in [-0.2, 0) is 4.74 Å². The molecule has 1 amide bonds. The lowest BCUT2D eigenvalue weighted by molar-refractivity contribution is 0.0737. The largest absolute Gasteiger partial charge is 0.449 e. The number of anilines is 1. The van der Waals surface area contributed by atoms with Crippen LogP contribution in [0.1, 0.15) is 17.3 Å². The molecule has 0 unspecified atom stereocenters. The van der Waals surface area contributed by atoms with Gasteiger partial charge in [0, 0.05) is 12.4 Å². The van der Waals surface area contributed by atoms with E-state index in [9.17, 15) is 9.59 Å². The molecule has 0 aliphatic carbocycles. The van der Waals surface area contributed by atoms with E-state index in [0.29, 0.717) is 17.0 Å². The van der Waals surface area contributed by atoms with Crippen LogP contribution in [0.3, 0.4) is 0 Å². The molecule has 0 bridgehead atoms. The van der Waals surface area contributed by atoms with E-state index in [0.717, 1.165) is 10.8 Å². The van der Waals surface area contributed by atoms with Crippen molar-refractivity contribution in [3.8, 4) is 5.75 Å². The van der Waals surface area contributed by atoms with Crippen LogP contribution in [0, 0.1) is 0 Å². The summed E-state index contributed by atoms with van der Waals surface area (Å²) < 4.78 is 10.8. The van der Waals surface area contributed by atoms with Crippen LogP contribution in [0.15, 0.2) is 66.7 Å². The van der Waals surface area contributed by atoms with Crippen molar-refractivity contribution >= 4 is 28.5 Å². The minimum atomic E-state index is -0.514. The second-order valence-electron chi connectivity index (χ2n) is 5.65. The number of rotatable bonds is 4. The van der Waals surface area contributed by atoms with E-state index in [4.69, 9.17) is 9.47 Å². The van der Waals surface area contributed by atoms with Gasteiger partial charge in [0.1, 0.15) is 0 Å². The highest BCUT2D eigenvalue weighted by Crippen LogP contribution is 2.36. The molecule has 3 aromatic carbocycles. The lowest BCUT2D eigenvalue weighted by Crippen LogP contribution is -2.28. The SMILES string of the molecule is CCOC(=O)N(C)c1ccc2ccccc2c1OC(=O)c1ccccc1. The Bertz CT molecular complexity index is 937. The number of esters is 1. The summed E-state index contributed by atoms with van der Waals surface area (Å²) in [5.74, 6) is -0.159. The summed E-state index contributed by atoms with van der Waals surface area (Å²) in [6.07, 6.45) is -0.514. The zero-order valence-electron chi connectivity index (χ0n) is 14.6. The van der Waals surface area contributed by atoms with Crippen LogP contribution >= 0.6 is 0 Å². The maximum atomic E-state index is 12.6. The van der Waals surface area contributed by atoms with E-state index >= 15 is 0 Å². The third-order valence-electron chi connectivity index (χ3n) is 3.97. The lowest BCUT2D eigenvalue weighted by atomic mass is 10.1. The Morgan fingerprint density at radius 2 is 1.62 bits per heavy atom. The molecule has 0 atom stereocenters. The topological polar surface area (TPSA) is 55.8 Å². The van der Waals surface area contributed by atoms with E-state index in [2.05, 4.69) is 0 Å². The van der Waals surface area contributed by atoms with Crippen LogP contribution in [0.4, 0.5) is 10.5 Å². The predicted octanol–water partition coefficient (Wildman–Crippen LogP) is 4.65. The Morgan fingerprint density at radius 1 is 0.923 bits per heavy atom. The normalized spacial score (nSPS) is 10.4. The Labute approximate surface area is 151 Å². The van der Waals surface area contributed by atoms with Gasteiger partial charge < -0.3 is 9.47 Å². The van der Waals surface area contributed by atoms with Gasteiger partial charge in [0.05, 0.1) is 17.9 Å². The number of carbonyl (C=O) groups excluding carboxylic acids is 2. The van der Waals surface area contributed by atoms with Gasteiger partial charge in [-0.15, -0.1) is 0 Å². The van der Waals surface area contributed by atoms with Crippen LogP contribution in [-0.4, -0.2) is 25.7 Å². The van der Waals surface area contributed by atoms with Crippen molar-refractivity contribution in [1.29, 1.82) is 0 Å². The Morgan fingerprint density at radius 3 is 2.35 bits per heavy atom. The first kappa shape index (κ1) is 17.5. The number of amides is 1. The quantitative estimate of drug-likeness (QED) is 0.508. The molecule has 0 fully saturated rings. The van der Waals surface area contributed by atoms with Crippen LogP contribution < -0.4 is 9.64 Å². The highest BCUT2D eigenvalue weighted by Gasteiger charge is 2.21. The van der Waals surface area contributed by atoms with Crippen molar-refractivity contribution in [2.45, 2.75) is 6.92 Å². The number of carbonyl (C=O) groups is 2. The predicted molar refractivity (Wildman–Crippen MR) is 101 cm³/mol. The molecule has 3 aromatic rings. The fourth-order valence-electron chi connectivity index (χ4n) is 2.65. The standard InChI is InChI=1S/C21H19NO4/c1-3-25-21(24)22(2)18-14-13-15-9-7-8-12-17(15)19(18)26-20(23)16-10-5-4-6-11-16/h4-14H,3H2,1-2H3. The average Bonchev–Trinajstić information content (AvgIpc) is 2.68. The summed E-state index contributed by atoms with van der Waals surface area (Å²) in [5.41, 5.74) is 0.900. The monoisotopic (exact) mass is 349 g/mol. The molecule has 0 heterocycles. The first-order valence-electron chi connectivity index (χ1n) is 8.31. The van der Waals surface area contributed by atoms with Gasteiger partial charge in [0.25, 0.3) is 0 Å². The number of hydrogen-bond donors (Lipinski definition) is 0. The van der Waals surface area contributed by atoms with E-state index in [1.165, 1.54) is 4.90 Å². The number of fused-ring (bicyclic) bond motifs is 1. The zero-order chi connectivity index (χ0) is 18.5. The second kappa shape index (κ2) is 7.70. The molecule has 0 N–H and O–H groups in total. The van der Waals surface area contributed by atoms with Crippen LogP contribution in [0.2, 0.25) is 0 Å². The summed E-state index contributed by atoms with van der Waals surface area (Å²) in [4.78, 5) is 26.1. The van der Waals surface area contributed by atoms with Crippen molar-refractivity contribution in [3.05, 3.63) is 72.3 Å². The third kappa shape index (κ3) is 3.52. The summed E-state index contributed by atoms with van der Waals surface area (Å²) >= 11 is 0. The Balaban J connectivity index is 2.06. The van der Waals surface area contributed by atoms with Gasteiger partial charge in [-0.2, -0.15) is 0 Å². The van der Waals surface area contributed by atoms with E-state index in [-0.39, 0.29) is 6.61 Å². The van der Waals surface area contributed by atoms with Crippen molar-refractivity contribution in [1.82, 2.24) is 0 Å². The number of hydrogen-bond acceptors (Lipinski definition) is 4. The fraction of sp³-hybridized carbons (Fsp3) is 0.143. The minimum Gasteiger partial charge on any atom is -0.449 e. The van der Waals surface area contributed by atoms with Gasteiger partial charge in [0.2, 0.25) is 0 Å². The van der Waals surface area contributed by atoms with Crippen LogP contribution in [0.25, 0.3) is 10.8 Å². The maximum Gasteiger partial charge on any atom is 0.414 e. The Kier molecular flexibility index (Phi) is 5.17. The minimum absolute atomic E-state index is 0.260.